The van der Waals surface area contributed by atoms with Crippen LogP contribution in [0.15, 0.2) is 18.3 Å². The summed E-state index contributed by atoms with van der Waals surface area (Å²) in [6.07, 6.45) is 8.24. The van der Waals surface area contributed by atoms with E-state index in [4.69, 9.17) is 0 Å². The lowest BCUT2D eigenvalue weighted by Gasteiger charge is -2.39. The molecule has 1 fully saturated rings. The predicted molar refractivity (Wildman–Crippen MR) is 86.1 cm³/mol. The van der Waals surface area contributed by atoms with Crippen molar-refractivity contribution >= 4 is 5.82 Å². The van der Waals surface area contributed by atoms with E-state index in [2.05, 4.69) is 48.1 Å². The van der Waals surface area contributed by atoms with Crippen molar-refractivity contribution in [1.29, 1.82) is 0 Å². The third-order valence-electron chi connectivity index (χ3n) is 4.23. The highest BCUT2D eigenvalue weighted by atomic mass is 15.2. The second-order valence-corrected chi connectivity index (χ2v) is 6.06. The normalized spacial score (nSPS) is 20.3. The molecule has 0 bridgehead atoms. The summed E-state index contributed by atoms with van der Waals surface area (Å²) in [7, 11) is 0. The molecule has 1 N–H and O–H groups in total. The van der Waals surface area contributed by atoms with Crippen LogP contribution in [0.25, 0.3) is 0 Å². The Morgan fingerprint density at radius 2 is 2.25 bits per heavy atom. The minimum Gasteiger partial charge on any atom is -0.370 e. The van der Waals surface area contributed by atoms with Crippen molar-refractivity contribution in [2.75, 3.05) is 18.4 Å². The maximum atomic E-state index is 4.58. The summed E-state index contributed by atoms with van der Waals surface area (Å²) in [5.74, 6) is 1.10. The zero-order valence-corrected chi connectivity index (χ0v) is 13.2. The van der Waals surface area contributed by atoms with Crippen molar-refractivity contribution in [2.24, 2.45) is 0 Å². The Hall–Kier alpha value is -1.09. The van der Waals surface area contributed by atoms with Crippen molar-refractivity contribution in [3.05, 3.63) is 23.9 Å². The lowest BCUT2D eigenvalue weighted by Crippen LogP contribution is -2.38. The molecule has 1 aromatic heterocycles. The number of pyridine rings is 1. The van der Waals surface area contributed by atoms with Gasteiger partial charge in [-0.05, 0) is 45.7 Å². The number of likely N-dealkylation sites (tertiary alicyclic amines) is 1. The van der Waals surface area contributed by atoms with E-state index < -0.39 is 0 Å². The largest absolute Gasteiger partial charge is 0.370 e. The Labute approximate surface area is 123 Å². The Morgan fingerprint density at radius 3 is 3.00 bits per heavy atom. The average molecular weight is 275 g/mol. The van der Waals surface area contributed by atoms with Gasteiger partial charge in [0.15, 0.2) is 0 Å². The summed E-state index contributed by atoms with van der Waals surface area (Å²) in [4.78, 5) is 7.21. The van der Waals surface area contributed by atoms with Crippen LogP contribution in [-0.2, 0) is 0 Å². The second-order valence-electron chi connectivity index (χ2n) is 6.06. The van der Waals surface area contributed by atoms with Crippen molar-refractivity contribution in [3.8, 4) is 0 Å². The summed E-state index contributed by atoms with van der Waals surface area (Å²) < 4.78 is 0. The summed E-state index contributed by atoms with van der Waals surface area (Å²) in [5.41, 5.74) is 1.39. The molecule has 1 aliphatic heterocycles. The van der Waals surface area contributed by atoms with Gasteiger partial charge < -0.3 is 5.32 Å². The van der Waals surface area contributed by atoms with E-state index in [1.54, 1.807) is 0 Å². The van der Waals surface area contributed by atoms with Gasteiger partial charge in [0.1, 0.15) is 5.82 Å². The summed E-state index contributed by atoms with van der Waals surface area (Å²) >= 11 is 0. The van der Waals surface area contributed by atoms with Crippen LogP contribution in [0.3, 0.4) is 0 Å². The van der Waals surface area contributed by atoms with Crippen molar-refractivity contribution < 1.29 is 0 Å². The van der Waals surface area contributed by atoms with E-state index in [-0.39, 0.29) is 0 Å². The first-order valence-corrected chi connectivity index (χ1v) is 8.18. The highest BCUT2D eigenvalue weighted by Gasteiger charge is 2.27. The number of piperidine rings is 1. The Balaban J connectivity index is 2.16. The highest BCUT2D eigenvalue weighted by molar-refractivity contribution is 5.45. The van der Waals surface area contributed by atoms with Gasteiger partial charge in [-0.1, -0.05) is 25.8 Å². The van der Waals surface area contributed by atoms with Crippen LogP contribution in [-0.4, -0.2) is 29.0 Å². The van der Waals surface area contributed by atoms with E-state index in [9.17, 15) is 0 Å². The van der Waals surface area contributed by atoms with Crippen LogP contribution in [0.5, 0.6) is 0 Å². The summed E-state index contributed by atoms with van der Waals surface area (Å²) in [5, 5.41) is 3.53. The molecule has 2 rings (SSSR count). The standard InChI is InChI=1S/C17H29N3/c1-4-5-11-18-17-15(9-8-12-19-17)16-10-6-7-13-20(16)14(2)3/h8-9,12,14,16H,4-7,10-11,13H2,1-3H3,(H,18,19)/t16-/m0/s1. The summed E-state index contributed by atoms with van der Waals surface area (Å²) in [6, 6.07) is 5.46. The molecule has 0 amide bonds. The molecule has 3 nitrogen and oxygen atoms in total. The maximum absolute atomic E-state index is 4.58. The lowest BCUT2D eigenvalue weighted by atomic mass is 9.94. The fourth-order valence-corrected chi connectivity index (χ4v) is 3.12. The van der Waals surface area contributed by atoms with Gasteiger partial charge in [0.25, 0.3) is 0 Å². The van der Waals surface area contributed by atoms with E-state index in [1.165, 1.54) is 44.2 Å². The van der Waals surface area contributed by atoms with Crippen molar-refractivity contribution in [1.82, 2.24) is 9.88 Å². The second kappa shape index (κ2) is 7.63. The molecule has 0 aromatic carbocycles. The minimum absolute atomic E-state index is 0.529. The monoisotopic (exact) mass is 275 g/mol. The SMILES string of the molecule is CCCCNc1ncccc1[C@@H]1CCCCN1C(C)C. The Bertz CT molecular complexity index is 403. The number of rotatable bonds is 6. The molecule has 1 atom stereocenters. The molecule has 1 aliphatic rings. The first kappa shape index (κ1) is 15.3. The molecular weight excluding hydrogens is 246 g/mol. The van der Waals surface area contributed by atoms with Gasteiger partial charge in [0.05, 0.1) is 0 Å². The van der Waals surface area contributed by atoms with E-state index in [0.717, 1.165) is 12.4 Å². The van der Waals surface area contributed by atoms with Gasteiger partial charge in [-0.15, -0.1) is 0 Å². The quantitative estimate of drug-likeness (QED) is 0.788. The Kier molecular flexibility index (Phi) is 5.84. The summed E-state index contributed by atoms with van der Waals surface area (Å²) in [6.45, 7) is 9.07. The molecule has 1 saturated heterocycles. The van der Waals surface area contributed by atoms with E-state index in [1.807, 2.05) is 6.20 Å². The number of aromatic nitrogens is 1. The van der Waals surface area contributed by atoms with Crippen LogP contribution in [0.1, 0.15) is 64.5 Å². The topological polar surface area (TPSA) is 28.2 Å². The van der Waals surface area contributed by atoms with Gasteiger partial charge in [-0.25, -0.2) is 4.98 Å². The molecule has 0 aliphatic carbocycles. The lowest BCUT2D eigenvalue weighted by molar-refractivity contribution is 0.112. The van der Waals surface area contributed by atoms with Gasteiger partial charge in [-0.3, -0.25) is 4.90 Å². The van der Waals surface area contributed by atoms with Gasteiger partial charge in [-0.2, -0.15) is 0 Å². The van der Waals surface area contributed by atoms with Crippen molar-refractivity contribution in [3.63, 3.8) is 0 Å². The smallest absolute Gasteiger partial charge is 0.130 e. The highest BCUT2D eigenvalue weighted by Crippen LogP contribution is 2.35. The van der Waals surface area contributed by atoms with Crippen molar-refractivity contribution in [2.45, 2.75) is 65.0 Å². The number of hydrogen-bond donors (Lipinski definition) is 1. The first-order valence-electron chi connectivity index (χ1n) is 8.18. The van der Waals surface area contributed by atoms with Crippen LogP contribution >= 0.6 is 0 Å². The zero-order chi connectivity index (χ0) is 14.4. The predicted octanol–water partition coefficient (Wildman–Crippen LogP) is 4.23. The van der Waals surface area contributed by atoms with Crippen LogP contribution < -0.4 is 5.32 Å². The molecular formula is C17H29N3. The van der Waals surface area contributed by atoms with Gasteiger partial charge >= 0.3 is 0 Å². The molecule has 2 heterocycles. The number of nitrogens with zero attached hydrogens (tertiary/aromatic N) is 2. The van der Waals surface area contributed by atoms with Gasteiger partial charge in [0.2, 0.25) is 0 Å². The van der Waals surface area contributed by atoms with Gasteiger partial charge in [0, 0.05) is 30.4 Å². The number of nitrogens with one attached hydrogen (secondary N) is 1. The van der Waals surface area contributed by atoms with E-state index in [0.29, 0.717) is 12.1 Å². The molecule has 3 heteroatoms. The van der Waals surface area contributed by atoms with Crippen LogP contribution in [0, 0.1) is 0 Å². The third-order valence-corrected chi connectivity index (χ3v) is 4.23. The number of anilines is 1. The first-order chi connectivity index (χ1) is 9.74. The molecule has 20 heavy (non-hydrogen) atoms. The fourth-order valence-electron chi connectivity index (χ4n) is 3.12. The number of unbranched alkanes of at least 4 members (excludes halogenated alkanes) is 1. The zero-order valence-electron chi connectivity index (χ0n) is 13.2. The molecule has 0 unspecified atom stereocenters. The van der Waals surface area contributed by atoms with E-state index >= 15 is 0 Å². The molecule has 0 radical (unpaired) electrons. The van der Waals surface area contributed by atoms with Crippen LogP contribution in [0.4, 0.5) is 5.82 Å². The fraction of sp³-hybridized carbons (Fsp3) is 0.706. The number of hydrogen-bond acceptors (Lipinski definition) is 3. The molecule has 0 spiro atoms. The average Bonchev–Trinajstić information content (AvgIpc) is 2.48. The molecule has 0 saturated carbocycles. The minimum atomic E-state index is 0.529. The maximum Gasteiger partial charge on any atom is 0.130 e. The Morgan fingerprint density at radius 1 is 1.40 bits per heavy atom. The molecule has 112 valence electrons. The molecule has 1 aromatic rings. The van der Waals surface area contributed by atoms with Crippen LogP contribution in [0.2, 0.25) is 0 Å². The third kappa shape index (κ3) is 3.72.